The van der Waals surface area contributed by atoms with Crippen LogP contribution in [0.2, 0.25) is 0 Å². The molecule has 3 aromatic heterocycles. The van der Waals surface area contributed by atoms with E-state index in [1.165, 1.54) is 15.6 Å². The highest BCUT2D eigenvalue weighted by Gasteiger charge is 2.17. The molecule has 0 aliphatic rings. The quantitative estimate of drug-likeness (QED) is 0.703. The zero-order valence-electron chi connectivity index (χ0n) is 13.0. The monoisotopic (exact) mass is 326 g/mol. The Morgan fingerprint density at radius 3 is 2.79 bits per heavy atom. The maximum atomic E-state index is 11.2. The van der Waals surface area contributed by atoms with Gasteiger partial charge in [0.1, 0.15) is 5.56 Å². The van der Waals surface area contributed by atoms with Gasteiger partial charge < -0.3 is 10.8 Å². The number of pyridine rings is 1. The Kier molecular flexibility index (Phi) is 3.78. The van der Waals surface area contributed by atoms with Crippen molar-refractivity contribution in [3.05, 3.63) is 41.9 Å². The molecule has 0 amide bonds. The van der Waals surface area contributed by atoms with Gasteiger partial charge in [0.15, 0.2) is 23.1 Å². The molecule has 0 aliphatic heterocycles. The summed E-state index contributed by atoms with van der Waals surface area (Å²) in [6.45, 7) is 1.73. The lowest BCUT2D eigenvalue weighted by atomic mass is 10.3. The number of azo groups is 1. The number of nitrogens with zero attached hydrogens (tertiary/aromatic N) is 7. The molecule has 3 heterocycles. The van der Waals surface area contributed by atoms with Crippen LogP contribution >= 0.6 is 0 Å². The molecule has 10 heteroatoms. The molecule has 0 fully saturated rings. The largest absolute Gasteiger partial charge is 0.477 e. The van der Waals surface area contributed by atoms with Crippen molar-refractivity contribution in [1.29, 1.82) is 0 Å². The minimum atomic E-state index is -1.13. The number of rotatable bonds is 4. The molecule has 0 unspecified atom stereocenters. The number of anilines is 1. The van der Waals surface area contributed by atoms with Gasteiger partial charge in [0, 0.05) is 13.2 Å². The number of hydrogen-bond donors (Lipinski definition) is 2. The number of nitrogen functional groups attached to an aromatic ring is 1. The Bertz CT molecular complexity index is 926. The minimum absolute atomic E-state index is 0.0467. The highest BCUT2D eigenvalue weighted by molar-refractivity contribution is 5.92. The highest BCUT2D eigenvalue weighted by atomic mass is 16.4. The molecule has 10 nitrogen and oxygen atoms in total. The zero-order valence-corrected chi connectivity index (χ0v) is 13.0. The standard InChI is InChI=1S/C14H14N8O2/c1-8-11(12(15)22(20-8)10-5-3-4-6-16-10)18-19-13-9(14(23)24)7-17-21(13)2/h3-7H,15H2,1-2H3,(H,23,24)/b19-18+. The van der Waals surface area contributed by atoms with E-state index >= 15 is 0 Å². The van der Waals surface area contributed by atoms with Crippen LogP contribution in [0.3, 0.4) is 0 Å². The van der Waals surface area contributed by atoms with Crippen molar-refractivity contribution in [2.45, 2.75) is 6.92 Å². The smallest absolute Gasteiger partial charge is 0.341 e. The predicted molar refractivity (Wildman–Crippen MR) is 84.9 cm³/mol. The summed E-state index contributed by atoms with van der Waals surface area (Å²) in [5.74, 6) is -0.210. The second-order valence-corrected chi connectivity index (χ2v) is 4.93. The molecule has 3 rings (SSSR count). The number of carboxylic acid groups (broad SMARTS) is 1. The number of nitrogens with two attached hydrogens (primary N) is 1. The van der Waals surface area contributed by atoms with Crippen LogP contribution in [0.25, 0.3) is 5.82 Å². The van der Waals surface area contributed by atoms with Gasteiger partial charge in [-0.1, -0.05) is 6.07 Å². The number of aryl methyl sites for hydroxylation is 2. The van der Waals surface area contributed by atoms with Gasteiger partial charge in [-0.15, -0.1) is 10.2 Å². The van der Waals surface area contributed by atoms with E-state index < -0.39 is 5.97 Å². The topological polar surface area (TPSA) is 137 Å². The van der Waals surface area contributed by atoms with Crippen LogP contribution in [0.15, 0.2) is 40.8 Å². The summed E-state index contributed by atoms with van der Waals surface area (Å²) in [5.41, 5.74) is 6.92. The van der Waals surface area contributed by atoms with Crippen LogP contribution in [-0.4, -0.2) is 35.6 Å². The SMILES string of the molecule is Cc1nn(-c2ccccn2)c(N)c1/N=N/c1c(C(=O)O)cnn1C. The fourth-order valence-corrected chi connectivity index (χ4v) is 2.11. The number of hydrogen-bond acceptors (Lipinski definition) is 7. The van der Waals surface area contributed by atoms with Gasteiger partial charge >= 0.3 is 5.97 Å². The second-order valence-electron chi connectivity index (χ2n) is 4.93. The molecule has 3 aromatic rings. The summed E-state index contributed by atoms with van der Waals surface area (Å²) in [5, 5.41) is 25.3. The molecule has 24 heavy (non-hydrogen) atoms. The lowest BCUT2D eigenvalue weighted by Gasteiger charge is -2.01. The zero-order chi connectivity index (χ0) is 17.3. The Labute approximate surface area is 136 Å². The van der Waals surface area contributed by atoms with Crippen LogP contribution in [-0.2, 0) is 7.05 Å². The fraction of sp³-hybridized carbons (Fsp3) is 0.143. The summed E-state index contributed by atoms with van der Waals surface area (Å²) >= 11 is 0. The van der Waals surface area contributed by atoms with E-state index in [9.17, 15) is 4.79 Å². The first-order valence-corrected chi connectivity index (χ1v) is 6.92. The Morgan fingerprint density at radius 1 is 1.33 bits per heavy atom. The van der Waals surface area contributed by atoms with Crippen LogP contribution < -0.4 is 5.73 Å². The van der Waals surface area contributed by atoms with Crippen molar-refractivity contribution < 1.29 is 9.90 Å². The molecule has 0 saturated heterocycles. The number of carbonyl (C=O) groups is 1. The van der Waals surface area contributed by atoms with E-state index in [2.05, 4.69) is 25.4 Å². The molecular formula is C14H14N8O2. The third kappa shape index (κ3) is 2.60. The Hall–Kier alpha value is -3.56. The first kappa shape index (κ1) is 15.3. The van der Waals surface area contributed by atoms with E-state index in [0.29, 0.717) is 17.2 Å². The molecular weight excluding hydrogens is 312 g/mol. The summed E-state index contributed by atoms with van der Waals surface area (Å²) in [4.78, 5) is 15.3. The Balaban J connectivity index is 2.02. The average Bonchev–Trinajstić information content (AvgIpc) is 3.07. The normalized spacial score (nSPS) is 11.2. The Morgan fingerprint density at radius 2 is 2.12 bits per heavy atom. The maximum Gasteiger partial charge on any atom is 0.341 e. The molecule has 0 aromatic carbocycles. The number of aromatic carboxylic acids is 1. The van der Waals surface area contributed by atoms with Gasteiger partial charge in [0.2, 0.25) is 0 Å². The first-order chi connectivity index (χ1) is 11.5. The lowest BCUT2D eigenvalue weighted by molar-refractivity contribution is 0.0697. The molecule has 0 spiro atoms. The molecule has 0 aliphatic carbocycles. The van der Waals surface area contributed by atoms with Crippen LogP contribution in [0.4, 0.5) is 17.3 Å². The number of aromatic nitrogens is 5. The molecule has 0 saturated carbocycles. The highest BCUT2D eigenvalue weighted by Crippen LogP contribution is 2.30. The summed E-state index contributed by atoms with van der Waals surface area (Å²) in [6.07, 6.45) is 2.84. The lowest BCUT2D eigenvalue weighted by Crippen LogP contribution is -2.03. The summed E-state index contributed by atoms with van der Waals surface area (Å²) < 4.78 is 2.77. The van der Waals surface area contributed by atoms with Gasteiger partial charge in [-0.05, 0) is 19.1 Å². The molecule has 0 bridgehead atoms. The van der Waals surface area contributed by atoms with Gasteiger partial charge in [0.25, 0.3) is 0 Å². The third-order valence-corrected chi connectivity index (χ3v) is 3.31. The van der Waals surface area contributed by atoms with Crippen molar-refractivity contribution in [2.75, 3.05) is 5.73 Å². The number of carboxylic acids is 1. The van der Waals surface area contributed by atoms with Crippen molar-refractivity contribution in [3.8, 4) is 5.82 Å². The maximum absolute atomic E-state index is 11.2. The predicted octanol–water partition coefficient (Wildman–Crippen LogP) is 2.01. The van der Waals surface area contributed by atoms with E-state index in [0.717, 1.165) is 0 Å². The average molecular weight is 326 g/mol. The van der Waals surface area contributed by atoms with E-state index in [4.69, 9.17) is 10.8 Å². The van der Waals surface area contributed by atoms with Gasteiger partial charge in [-0.25, -0.2) is 14.5 Å². The van der Waals surface area contributed by atoms with E-state index in [1.54, 1.807) is 32.3 Å². The fourth-order valence-electron chi connectivity index (χ4n) is 2.11. The van der Waals surface area contributed by atoms with Crippen molar-refractivity contribution in [1.82, 2.24) is 24.5 Å². The van der Waals surface area contributed by atoms with Gasteiger partial charge in [-0.2, -0.15) is 14.9 Å². The van der Waals surface area contributed by atoms with Crippen LogP contribution in [0.1, 0.15) is 16.1 Å². The molecule has 122 valence electrons. The second kappa shape index (κ2) is 5.91. The minimum Gasteiger partial charge on any atom is -0.477 e. The van der Waals surface area contributed by atoms with Crippen molar-refractivity contribution in [3.63, 3.8) is 0 Å². The first-order valence-electron chi connectivity index (χ1n) is 6.92. The van der Waals surface area contributed by atoms with Crippen molar-refractivity contribution >= 4 is 23.3 Å². The summed E-state index contributed by atoms with van der Waals surface area (Å²) in [6, 6.07) is 5.36. The molecule has 0 atom stereocenters. The molecule has 0 radical (unpaired) electrons. The molecule has 3 N–H and O–H groups in total. The van der Waals surface area contributed by atoms with Gasteiger partial charge in [0.05, 0.1) is 11.9 Å². The van der Waals surface area contributed by atoms with Crippen molar-refractivity contribution in [2.24, 2.45) is 17.3 Å². The van der Waals surface area contributed by atoms with E-state index in [1.807, 2.05) is 6.07 Å². The third-order valence-electron chi connectivity index (χ3n) is 3.31. The van der Waals surface area contributed by atoms with Crippen LogP contribution in [0, 0.1) is 6.92 Å². The summed E-state index contributed by atoms with van der Waals surface area (Å²) in [7, 11) is 1.58. The van der Waals surface area contributed by atoms with E-state index in [-0.39, 0.29) is 17.2 Å². The van der Waals surface area contributed by atoms with Crippen LogP contribution in [0.5, 0.6) is 0 Å². The van der Waals surface area contributed by atoms with Gasteiger partial charge in [-0.3, -0.25) is 0 Å².